The molecule has 3 nitrogen and oxygen atoms in total. The molecule has 0 bridgehead atoms. The third-order valence-corrected chi connectivity index (χ3v) is 4.27. The molecule has 10 heteroatoms. The molecule has 1 aromatic carbocycles. The smallest absolute Gasteiger partial charge is 0.416 e. The molecule has 134 valence electrons. The Bertz CT molecular complexity index is 631. The molecule has 1 aromatic rings. The number of likely N-dealkylation sites (tertiary alicyclic amines) is 1. The Balaban J connectivity index is 2.22. The zero-order valence-electron chi connectivity index (χ0n) is 12.0. The largest absolute Gasteiger partial charge is 0.481 e. The zero-order valence-corrected chi connectivity index (χ0v) is 12.7. The van der Waals surface area contributed by atoms with E-state index in [0.717, 1.165) is 23.1 Å². The van der Waals surface area contributed by atoms with Crippen LogP contribution in [0, 0.1) is 11.8 Å². The van der Waals surface area contributed by atoms with Crippen LogP contribution in [0.4, 0.5) is 26.3 Å². The van der Waals surface area contributed by atoms with Gasteiger partial charge < -0.3 is 5.11 Å². The number of carbonyl (C=O) groups is 1. The van der Waals surface area contributed by atoms with E-state index < -0.39 is 48.8 Å². The molecule has 0 unspecified atom stereocenters. The summed E-state index contributed by atoms with van der Waals surface area (Å²) in [5.74, 6) is -5.32. The summed E-state index contributed by atoms with van der Waals surface area (Å²) >= 11 is 5.82. The standard InChI is InChI=1S/C14H12ClF6NO2/c15-11-2-1-8(13(16,17)18)3-7(11)4-22-5-9(12(23)24)10(6-22)14(19,20)21/h1-3,9-10H,4-6H2,(H,23,24)/t9-,10-/m1/s1. The van der Waals surface area contributed by atoms with Crippen molar-refractivity contribution >= 4 is 17.6 Å². The highest BCUT2D eigenvalue weighted by Crippen LogP contribution is 2.39. The minimum absolute atomic E-state index is 0.00143. The predicted octanol–water partition coefficient (Wildman–Crippen LogP) is 4.05. The molecule has 0 spiro atoms. The van der Waals surface area contributed by atoms with Gasteiger partial charge in [-0.05, 0) is 23.8 Å². The lowest BCUT2D eigenvalue weighted by atomic mass is 9.96. The van der Waals surface area contributed by atoms with Crippen LogP contribution in [0.1, 0.15) is 11.1 Å². The molecule has 1 fully saturated rings. The van der Waals surface area contributed by atoms with E-state index in [2.05, 4.69) is 0 Å². The molecule has 2 rings (SSSR count). The molecule has 0 aliphatic carbocycles. The highest BCUT2D eigenvalue weighted by atomic mass is 35.5. The molecular formula is C14H12ClF6NO2. The molecule has 2 atom stereocenters. The van der Waals surface area contributed by atoms with E-state index in [1.165, 1.54) is 0 Å². The Morgan fingerprint density at radius 2 is 1.83 bits per heavy atom. The SMILES string of the molecule is O=C(O)[C@@H]1CN(Cc2cc(C(F)(F)F)ccc2Cl)C[C@H]1C(F)(F)F. The summed E-state index contributed by atoms with van der Waals surface area (Å²) in [6.07, 6.45) is -9.31. The Labute approximate surface area is 137 Å². The summed E-state index contributed by atoms with van der Waals surface area (Å²) < 4.78 is 76.9. The van der Waals surface area contributed by atoms with Gasteiger partial charge in [0.05, 0.1) is 17.4 Å². The number of benzene rings is 1. The number of alkyl halides is 6. The number of aliphatic carboxylic acids is 1. The molecule has 0 saturated carbocycles. The average molecular weight is 376 g/mol. The summed E-state index contributed by atoms with van der Waals surface area (Å²) in [7, 11) is 0. The van der Waals surface area contributed by atoms with E-state index in [9.17, 15) is 31.1 Å². The highest BCUT2D eigenvalue weighted by molar-refractivity contribution is 6.31. The third-order valence-electron chi connectivity index (χ3n) is 3.90. The van der Waals surface area contributed by atoms with Gasteiger partial charge in [-0.15, -0.1) is 0 Å². The number of halogens is 7. The Kier molecular flexibility index (Phi) is 5.06. The van der Waals surface area contributed by atoms with Crippen LogP contribution in [0.3, 0.4) is 0 Å². The molecule has 1 aliphatic heterocycles. The van der Waals surface area contributed by atoms with Crippen LogP contribution in [0.2, 0.25) is 5.02 Å². The summed E-state index contributed by atoms with van der Waals surface area (Å²) in [5, 5.41) is 8.91. The van der Waals surface area contributed by atoms with Crippen LogP contribution in [0.25, 0.3) is 0 Å². The molecule has 0 aromatic heterocycles. The minimum Gasteiger partial charge on any atom is -0.481 e. The Morgan fingerprint density at radius 3 is 2.29 bits per heavy atom. The van der Waals surface area contributed by atoms with E-state index >= 15 is 0 Å². The first-order valence-corrected chi connectivity index (χ1v) is 7.15. The van der Waals surface area contributed by atoms with Gasteiger partial charge in [-0.25, -0.2) is 0 Å². The molecule has 1 aliphatic rings. The van der Waals surface area contributed by atoms with Crippen molar-refractivity contribution in [1.29, 1.82) is 0 Å². The summed E-state index contributed by atoms with van der Waals surface area (Å²) in [6, 6.07) is 2.55. The Hall–Kier alpha value is -1.48. The van der Waals surface area contributed by atoms with Gasteiger partial charge in [-0.2, -0.15) is 26.3 Å². The third kappa shape index (κ3) is 4.13. The monoisotopic (exact) mass is 375 g/mol. The number of rotatable bonds is 3. The van der Waals surface area contributed by atoms with Crippen molar-refractivity contribution < 1.29 is 36.2 Å². The van der Waals surface area contributed by atoms with Crippen molar-refractivity contribution in [3.05, 3.63) is 34.3 Å². The molecule has 1 saturated heterocycles. The first kappa shape index (κ1) is 18.9. The lowest BCUT2D eigenvalue weighted by Gasteiger charge is -2.19. The second-order valence-corrected chi connectivity index (χ2v) is 6.00. The second-order valence-electron chi connectivity index (χ2n) is 5.59. The van der Waals surface area contributed by atoms with Crippen molar-refractivity contribution in [2.75, 3.05) is 13.1 Å². The summed E-state index contributed by atoms with van der Waals surface area (Å²) in [4.78, 5) is 12.2. The van der Waals surface area contributed by atoms with E-state index in [1.54, 1.807) is 0 Å². The van der Waals surface area contributed by atoms with E-state index in [4.69, 9.17) is 16.7 Å². The Morgan fingerprint density at radius 1 is 1.21 bits per heavy atom. The van der Waals surface area contributed by atoms with Gasteiger partial charge in [0.1, 0.15) is 0 Å². The predicted molar refractivity (Wildman–Crippen MR) is 72.4 cm³/mol. The van der Waals surface area contributed by atoms with Crippen LogP contribution >= 0.6 is 11.6 Å². The van der Waals surface area contributed by atoms with Crippen LogP contribution in [-0.4, -0.2) is 35.2 Å². The van der Waals surface area contributed by atoms with Crippen LogP contribution in [0.15, 0.2) is 18.2 Å². The second kappa shape index (κ2) is 6.44. The lowest BCUT2D eigenvalue weighted by Crippen LogP contribution is -2.33. The topological polar surface area (TPSA) is 40.5 Å². The maximum atomic E-state index is 12.9. The fraction of sp³-hybridized carbons (Fsp3) is 0.500. The first-order valence-electron chi connectivity index (χ1n) is 6.77. The fourth-order valence-electron chi connectivity index (χ4n) is 2.71. The van der Waals surface area contributed by atoms with Gasteiger partial charge in [0.2, 0.25) is 0 Å². The van der Waals surface area contributed by atoms with Crippen molar-refractivity contribution in [3.8, 4) is 0 Å². The van der Waals surface area contributed by atoms with Crippen molar-refractivity contribution in [2.45, 2.75) is 18.9 Å². The zero-order chi connectivity index (χ0) is 18.3. The quantitative estimate of drug-likeness (QED) is 0.810. The first-order chi connectivity index (χ1) is 10.9. The highest BCUT2D eigenvalue weighted by Gasteiger charge is 2.52. The molecule has 24 heavy (non-hydrogen) atoms. The van der Waals surface area contributed by atoms with Crippen molar-refractivity contribution in [2.24, 2.45) is 11.8 Å². The molecule has 1 N–H and O–H groups in total. The van der Waals surface area contributed by atoms with E-state index in [0.29, 0.717) is 0 Å². The number of hydrogen-bond acceptors (Lipinski definition) is 2. The van der Waals surface area contributed by atoms with E-state index in [-0.39, 0.29) is 17.1 Å². The van der Waals surface area contributed by atoms with Gasteiger partial charge in [0.15, 0.2) is 0 Å². The van der Waals surface area contributed by atoms with Gasteiger partial charge in [-0.3, -0.25) is 9.69 Å². The lowest BCUT2D eigenvalue weighted by molar-refractivity contribution is -0.188. The van der Waals surface area contributed by atoms with Gasteiger partial charge in [0, 0.05) is 24.7 Å². The summed E-state index contributed by atoms with van der Waals surface area (Å²) in [6.45, 7) is -1.31. The normalized spacial score (nSPS) is 22.8. The van der Waals surface area contributed by atoms with Gasteiger partial charge in [-0.1, -0.05) is 11.6 Å². The number of nitrogens with zero attached hydrogens (tertiary/aromatic N) is 1. The van der Waals surface area contributed by atoms with Crippen molar-refractivity contribution in [1.82, 2.24) is 4.90 Å². The maximum absolute atomic E-state index is 12.9. The number of carboxylic acid groups (broad SMARTS) is 1. The molecule has 0 radical (unpaired) electrons. The average Bonchev–Trinajstić information content (AvgIpc) is 2.84. The van der Waals surface area contributed by atoms with Gasteiger partial charge >= 0.3 is 18.3 Å². The van der Waals surface area contributed by atoms with Crippen molar-refractivity contribution in [3.63, 3.8) is 0 Å². The van der Waals surface area contributed by atoms with Crippen LogP contribution < -0.4 is 0 Å². The molecular weight excluding hydrogens is 364 g/mol. The number of carboxylic acids is 1. The minimum atomic E-state index is -4.70. The molecule has 1 heterocycles. The maximum Gasteiger partial charge on any atom is 0.416 e. The summed E-state index contributed by atoms with van der Waals surface area (Å²) in [5.41, 5.74) is -0.971. The van der Waals surface area contributed by atoms with E-state index in [1.807, 2.05) is 0 Å². The van der Waals surface area contributed by atoms with Crippen LogP contribution in [0.5, 0.6) is 0 Å². The molecule has 0 amide bonds. The van der Waals surface area contributed by atoms with Crippen LogP contribution in [-0.2, 0) is 17.5 Å². The number of hydrogen-bond donors (Lipinski definition) is 1. The van der Waals surface area contributed by atoms with Gasteiger partial charge in [0.25, 0.3) is 0 Å². The fourth-order valence-corrected chi connectivity index (χ4v) is 2.89.